The van der Waals surface area contributed by atoms with Crippen LogP contribution in [0, 0.1) is 0 Å². The quantitative estimate of drug-likeness (QED) is 0.290. The van der Waals surface area contributed by atoms with Gasteiger partial charge in [-0.1, -0.05) is 86.0 Å². The molecule has 0 unspecified atom stereocenters. The number of nitrogens with zero attached hydrogens (tertiary/aromatic N) is 4. The fraction of sp³-hybridized carbons (Fsp3) is 0.250. The van der Waals surface area contributed by atoms with E-state index in [1.54, 1.807) is 10.6 Å². The third kappa shape index (κ3) is 3.96. The Morgan fingerprint density at radius 3 is 2.38 bits per heavy atom. The first-order valence-electron chi connectivity index (χ1n) is 13.6. The van der Waals surface area contributed by atoms with Crippen LogP contribution in [0.25, 0.3) is 27.7 Å². The molecule has 1 amide bonds. The maximum Gasteiger partial charge on any atom is 0.280 e. The normalized spacial score (nSPS) is 15.8. The summed E-state index contributed by atoms with van der Waals surface area (Å²) in [5.74, 6) is -0.287. The third-order valence-corrected chi connectivity index (χ3v) is 8.22. The number of Topliss-reactive ketones (excluding diaryl/α,β-unsaturated/α-hetero) is 1. The minimum atomic E-state index is -0.289. The largest absolute Gasteiger partial charge is 0.330 e. The van der Waals surface area contributed by atoms with Gasteiger partial charge in [0.1, 0.15) is 11.3 Å². The molecule has 7 nitrogen and oxygen atoms in total. The summed E-state index contributed by atoms with van der Waals surface area (Å²) in [5, 5.41) is 6.68. The van der Waals surface area contributed by atoms with Crippen molar-refractivity contribution in [2.75, 3.05) is 0 Å². The van der Waals surface area contributed by atoms with E-state index in [-0.39, 0.29) is 36.4 Å². The van der Waals surface area contributed by atoms with Crippen molar-refractivity contribution in [1.82, 2.24) is 19.1 Å². The Morgan fingerprint density at radius 2 is 1.59 bits per heavy atom. The average Bonchev–Trinajstić information content (AvgIpc) is 3.58. The van der Waals surface area contributed by atoms with E-state index < -0.39 is 0 Å². The van der Waals surface area contributed by atoms with Gasteiger partial charge in [-0.2, -0.15) is 9.61 Å². The number of carbonyl (C=O) groups excluding carboxylic acids is 2. The highest BCUT2D eigenvalue weighted by atomic mass is 16.2. The molecule has 1 aliphatic heterocycles. The van der Waals surface area contributed by atoms with Crippen molar-refractivity contribution in [3.63, 3.8) is 0 Å². The first-order chi connectivity index (χ1) is 19.1. The average molecular weight is 517 g/mol. The second-order valence-corrected chi connectivity index (χ2v) is 10.6. The van der Waals surface area contributed by atoms with Crippen molar-refractivity contribution < 1.29 is 9.59 Å². The summed E-state index contributed by atoms with van der Waals surface area (Å²) >= 11 is 0. The Bertz CT molecular complexity index is 1810. The highest BCUT2D eigenvalue weighted by molar-refractivity contribution is 6.02. The molecule has 3 aromatic carbocycles. The molecule has 0 saturated heterocycles. The zero-order valence-electron chi connectivity index (χ0n) is 21.5. The van der Waals surface area contributed by atoms with E-state index in [1.165, 1.54) is 10.9 Å². The molecule has 3 heterocycles. The number of fused-ring (bicyclic) bond motifs is 3. The van der Waals surface area contributed by atoms with E-state index in [1.807, 2.05) is 77.7 Å². The van der Waals surface area contributed by atoms with Crippen LogP contribution in [0.1, 0.15) is 58.5 Å². The number of hydrogen-bond acceptors (Lipinski definition) is 4. The van der Waals surface area contributed by atoms with Gasteiger partial charge in [-0.05, 0) is 29.7 Å². The van der Waals surface area contributed by atoms with Gasteiger partial charge < -0.3 is 9.47 Å². The Labute approximate surface area is 225 Å². The molecule has 194 valence electrons. The molecule has 0 spiro atoms. The first-order valence-corrected chi connectivity index (χ1v) is 13.6. The van der Waals surface area contributed by atoms with Gasteiger partial charge in [0.15, 0.2) is 5.78 Å². The molecule has 1 saturated carbocycles. The fourth-order valence-corrected chi connectivity index (χ4v) is 6.18. The predicted octanol–water partition coefficient (Wildman–Crippen LogP) is 5.49. The molecule has 0 bridgehead atoms. The Morgan fingerprint density at radius 1 is 0.846 bits per heavy atom. The summed E-state index contributed by atoms with van der Waals surface area (Å²) in [6.07, 6.45) is 5.23. The van der Waals surface area contributed by atoms with Gasteiger partial charge in [0, 0.05) is 23.2 Å². The molecule has 2 aromatic heterocycles. The number of carbonyl (C=O) groups is 2. The molecular formula is C32H28N4O3. The number of rotatable bonds is 5. The van der Waals surface area contributed by atoms with E-state index >= 15 is 0 Å². The number of hydrogen-bond donors (Lipinski definition) is 0. The summed E-state index contributed by atoms with van der Waals surface area (Å²) in [6.45, 7) is 0.201. The van der Waals surface area contributed by atoms with Crippen LogP contribution in [0.15, 0.2) is 83.7 Å². The van der Waals surface area contributed by atoms with Crippen LogP contribution < -0.4 is 5.56 Å². The maximum absolute atomic E-state index is 13.9. The number of aromatic nitrogens is 3. The van der Waals surface area contributed by atoms with Gasteiger partial charge >= 0.3 is 0 Å². The lowest BCUT2D eigenvalue weighted by atomic mass is 9.94. The first kappa shape index (κ1) is 23.6. The highest BCUT2D eigenvalue weighted by Crippen LogP contribution is 2.31. The van der Waals surface area contributed by atoms with Crippen LogP contribution in [0.3, 0.4) is 0 Å². The van der Waals surface area contributed by atoms with E-state index in [4.69, 9.17) is 0 Å². The van der Waals surface area contributed by atoms with E-state index in [0.29, 0.717) is 28.2 Å². The van der Waals surface area contributed by atoms with Crippen molar-refractivity contribution in [3.05, 3.63) is 106 Å². The van der Waals surface area contributed by atoms with Gasteiger partial charge in [0.2, 0.25) is 0 Å². The second kappa shape index (κ2) is 9.34. The summed E-state index contributed by atoms with van der Waals surface area (Å²) in [5.41, 5.74) is 2.97. The van der Waals surface area contributed by atoms with Crippen molar-refractivity contribution in [1.29, 1.82) is 0 Å². The third-order valence-electron chi connectivity index (χ3n) is 8.22. The van der Waals surface area contributed by atoms with Crippen molar-refractivity contribution >= 4 is 28.1 Å². The van der Waals surface area contributed by atoms with Crippen molar-refractivity contribution in [3.8, 4) is 11.3 Å². The summed E-state index contributed by atoms with van der Waals surface area (Å²) in [6, 6.07) is 25.1. The zero-order valence-corrected chi connectivity index (χ0v) is 21.5. The molecule has 0 radical (unpaired) electrons. The molecule has 7 heteroatoms. The van der Waals surface area contributed by atoms with Crippen LogP contribution in [-0.4, -0.2) is 36.8 Å². The van der Waals surface area contributed by atoms with Crippen molar-refractivity contribution in [2.24, 2.45) is 0 Å². The smallest absolute Gasteiger partial charge is 0.280 e. The van der Waals surface area contributed by atoms with Crippen molar-refractivity contribution in [2.45, 2.75) is 51.2 Å². The predicted molar refractivity (Wildman–Crippen MR) is 150 cm³/mol. The van der Waals surface area contributed by atoms with Crippen LogP contribution in [-0.2, 0) is 13.1 Å². The lowest BCUT2D eigenvalue weighted by Crippen LogP contribution is -2.37. The zero-order chi connectivity index (χ0) is 26.5. The Balaban J connectivity index is 1.37. The molecule has 39 heavy (non-hydrogen) atoms. The second-order valence-electron chi connectivity index (χ2n) is 10.6. The number of ketones is 1. The SMILES string of the molecule is O=C(Cn1c2c(c(=O)n3nc(-c4ccccc4)cc13)CN(C1CCCCC1)C2=O)c1ccc2ccccc2c1. The van der Waals surface area contributed by atoms with Gasteiger partial charge in [0.25, 0.3) is 11.5 Å². The molecule has 0 N–H and O–H groups in total. The van der Waals surface area contributed by atoms with E-state index in [0.717, 1.165) is 42.0 Å². The van der Waals surface area contributed by atoms with E-state index in [9.17, 15) is 14.4 Å². The highest BCUT2D eigenvalue weighted by Gasteiger charge is 2.38. The molecule has 0 atom stereocenters. The minimum absolute atomic E-state index is 0.0609. The lowest BCUT2D eigenvalue weighted by Gasteiger charge is -2.30. The number of amides is 1. The summed E-state index contributed by atoms with van der Waals surface area (Å²) < 4.78 is 3.09. The molecular weight excluding hydrogens is 488 g/mol. The van der Waals surface area contributed by atoms with Gasteiger partial charge in [0.05, 0.1) is 24.3 Å². The van der Waals surface area contributed by atoms with Gasteiger partial charge in [-0.3, -0.25) is 14.4 Å². The van der Waals surface area contributed by atoms with E-state index in [2.05, 4.69) is 5.10 Å². The lowest BCUT2D eigenvalue weighted by molar-refractivity contribution is 0.0652. The molecule has 5 aromatic rings. The van der Waals surface area contributed by atoms with Crippen LogP contribution in [0.2, 0.25) is 0 Å². The minimum Gasteiger partial charge on any atom is -0.330 e. The summed E-state index contributed by atoms with van der Waals surface area (Å²) in [4.78, 5) is 43.2. The maximum atomic E-state index is 13.9. The van der Waals surface area contributed by atoms with Gasteiger partial charge in [-0.25, -0.2) is 0 Å². The Hall–Kier alpha value is -4.52. The molecule has 7 rings (SSSR count). The van der Waals surface area contributed by atoms with Crippen LogP contribution in [0.4, 0.5) is 0 Å². The molecule has 1 aliphatic carbocycles. The molecule has 2 aliphatic rings. The fourth-order valence-electron chi connectivity index (χ4n) is 6.18. The monoisotopic (exact) mass is 516 g/mol. The Kier molecular flexibility index (Phi) is 5.65. The van der Waals surface area contributed by atoms with Gasteiger partial charge in [-0.15, -0.1) is 0 Å². The number of benzene rings is 3. The molecule has 1 fully saturated rings. The van der Waals surface area contributed by atoms with Crippen LogP contribution >= 0.6 is 0 Å². The summed E-state index contributed by atoms with van der Waals surface area (Å²) in [7, 11) is 0. The topological polar surface area (TPSA) is 76.7 Å². The standard InChI is InChI=1S/C32H28N4O3/c37-28(24-16-15-21-9-7-8-12-23(21)17-24)20-35-29-18-27(22-10-3-1-4-11-22)33-36(29)31(38)26-19-34(32(39)30(26)35)25-13-5-2-6-14-25/h1,3-4,7-12,15-18,25H,2,5-6,13-14,19-20H2. The van der Waals surface area contributed by atoms with Crippen LogP contribution in [0.5, 0.6) is 0 Å².